The summed E-state index contributed by atoms with van der Waals surface area (Å²) >= 11 is 0. The van der Waals surface area contributed by atoms with E-state index in [1.165, 1.54) is 11.1 Å². The molecule has 0 amide bonds. The van der Waals surface area contributed by atoms with Crippen LogP contribution >= 0.6 is 24.0 Å². The molecule has 1 aromatic carbocycles. The number of rotatable bonds is 7. The smallest absolute Gasteiger partial charge is 0.192 e. The molecule has 2 aromatic rings. The lowest BCUT2D eigenvalue weighted by Crippen LogP contribution is -2.46. The van der Waals surface area contributed by atoms with Crippen LogP contribution in [-0.4, -0.2) is 55.1 Å². The minimum atomic E-state index is 0. The molecule has 30 heavy (non-hydrogen) atoms. The van der Waals surface area contributed by atoms with Gasteiger partial charge in [0.05, 0.1) is 12.6 Å². The van der Waals surface area contributed by atoms with E-state index in [-0.39, 0.29) is 30.0 Å². The molecule has 2 N–H and O–H groups in total. The number of guanidine groups is 1. The Morgan fingerprint density at radius 3 is 2.50 bits per heavy atom. The van der Waals surface area contributed by atoms with E-state index in [1.807, 2.05) is 12.3 Å². The van der Waals surface area contributed by atoms with E-state index in [0.29, 0.717) is 6.54 Å². The maximum absolute atomic E-state index is 4.80. The molecule has 0 radical (unpaired) electrons. The number of piperazine rings is 1. The van der Waals surface area contributed by atoms with Crippen LogP contribution in [0.1, 0.15) is 37.9 Å². The molecule has 1 atom stereocenters. The lowest BCUT2D eigenvalue weighted by Gasteiger charge is -2.34. The van der Waals surface area contributed by atoms with E-state index in [0.717, 1.165) is 51.0 Å². The number of aliphatic imine (C=N–C) groups is 1. The maximum Gasteiger partial charge on any atom is 0.192 e. The average molecular weight is 522 g/mol. The summed E-state index contributed by atoms with van der Waals surface area (Å²) in [6.07, 6.45) is 1.90. The highest BCUT2D eigenvalue weighted by molar-refractivity contribution is 14.0. The van der Waals surface area contributed by atoms with Gasteiger partial charge < -0.3 is 20.4 Å². The van der Waals surface area contributed by atoms with Gasteiger partial charge in [-0.2, -0.15) is 0 Å². The molecule has 0 saturated carbocycles. The van der Waals surface area contributed by atoms with Crippen LogP contribution in [0.25, 0.3) is 0 Å². The first-order chi connectivity index (χ1) is 14.2. The van der Waals surface area contributed by atoms with Gasteiger partial charge in [0.25, 0.3) is 0 Å². The highest BCUT2D eigenvalue weighted by atomic mass is 127. The van der Waals surface area contributed by atoms with Crippen molar-refractivity contribution in [3.63, 3.8) is 0 Å². The number of nitrogens with zero attached hydrogens (tertiary/aromatic N) is 4. The predicted molar refractivity (Wildman–Crippen MR) is 137 cm³/mol. The summed E-state index contributed by atoms with van der Waals surface area (Å²) in [4.78, 5) is 14.2. The number of likely N-dealkylation sites (N-methyl/N-ethyl adjacent to an activating group) is 1. The maximum atomic E-state index is 4.80. The number of halogens is 1. The number of hydrogen-bond donors (Lipinski definition) is 2. The molecule has 1 unspecified atom stereocenters. The Bertz CT molecular complexity index is 774. The fourth-order valence-corrected chi connectivity index (χ4v) is 3.55. The predicted octanol–water partition coefficient (Wildman–Crippen LogP) is 3.66. The Balaban J connectivity index is 0.00000320. The van der Waals surface area contributed by atoms with E-state index >= 15 is 0 Å². The number of hydrogen-bond acceptors (Lipinski definition) is 4. The number of aromatic nitrogens is 1. The average Bonchev–Trinajstić information content (AvgIpc) is 2.78. The first-order valence-electron chi connectivity index (χ1n) is 10.7. The van der Waals surface area contributed by atoms with Crippen molar-refractivity contribution in [1.82, 2.24) is 20.5 Å². The van der Waals surface area contributed by atoms with Crippen molar-refractivity contribution in [2.24, 2.45) is 4.99 Å². The van der Waals surface area contributed by atoms with Gasteiger partial charge in [-0.1, -0.05) is 37.3 Å². The third-order valence-electron chi connectivity index (χ3n) is 5.37. The molecule has 0 bridgehead atoms. The Hall–Kier alpha value is -1.87. The summed E-state index contributed by atoms with van der Waals surface area (Å²) in [5.41, 5.74) is 2.42. The fraction of sp³-hybridized carbons (Fsp3) is 0.478. The number of nitrogens with one attached hydrogen (secondary N) is 2. The first-order valence-corrected chi connectivity index (χ1v) is 10.7. The lowest BCUT2D eigenvalue weighted by atomic mass is 10.1. The second-order valence-corrected chi connectivity index (χ2v) is 7.42. The zero-order valence-electron chi connectivity index (χ0n) is 18.3. The summed E-state index contributed by atoms with van der Waals surface area (Å²) in [6.45, 7) is 13.3. The van der Waals surface area contributed by atoms with Crippen LogP contribution in [0.4, 0.5) is 5.82 Å². The molecule has 1 fully saturated rings. The molecular weight excluding hydrogens is 487 g/mol. The highest BCUT2D eigenvalue weighted by Gasteiger charge is 2.16. The quantitative estimate of drug-likeness (QED) is 0.331. The van der Waals surface area contributed by atoms with Crippen LogP contribution in [0.2, 0.25) is 0 Å². The normalized spacial score (nSPS) is 16.0. The van der Waals surface area contributed by atoms with Crippen molar-refractivity contribution in [2.75, 3.05) is 44.2 Å². The monoisotopic (exact) mass is 522 g/mol. The minimum absolute atomic E-state index is 0. The zero-order valence-corrected chi connectivity index (χ0v) is 20.7. The molecule has 2 heterocycles. The lowest BCUT2D eigenvalue weighted by molar-refractivity contribution is 0.270. The molecule has 1 aliphatic heterocycles. The number of anilines is 1. The van der Waals surface area contributed by atoms with Crippen molar-refractivity contribution >= 4 is 35.8 Å². The largest absolute Gasteiger partial charge is 0.357 e. The van der Waals surface area contributed by atoms with E-state index in [9.17, 15) is 0 Å². The van der Waals surface area contributed by atoms with Crippen molar-refractivity contribution in [1.29, 1.82) is 0 Å². The SMILES string of the molecule is CCNC(=NCc1ccnc(N2CCN(CC)CC2)c1)NC(C)c1ccccc1.I. The van der Waals surface area contributed by atoms with E-state index in [4.69, 9.17) is 4.99 Å². The molecule has 0 aliphatic carbocycles. The van der Waals surface area contributed by atoms with Crippen molar-refractivity contribution in [3.8, 4) is 0 Å². The first kappa shape index (κ1) is 24.4. The molecular formula is C23H35IN6. The van der Waals surface area contributed by atoms with Crippen LogP contribution in [0, 0.1) is 0 Å². The Labute approximate surface area is 198 Å². The number of pyridine rings is 1. The van der Waals surface area contributed by atoms with Gasteiger partial charge in [-0.3, -0.25) is 0 Å². The molecule has 6 nitrogen and oxygen atoms in total. The van der Waals surface area contributed by atoms with E-state index in [2.05, 4.69) is 82.6 Å². The van der Waals surface area contributed by atoms with E-state index < -0.39 is 0 Å². The summed E-state index contributed by atoms with van der Waals surface area (Å²) in [5.74, 6) is 1.89. The van der Waals surface area contributed by atoms with Crippen LogP contribution in [0.15, 0.2) is 53.7 Å². The summed E-state index contributed by atoms with van der Waals surface area (Å²) in [6, 6.07) is 14.9. The third kappa shape index (κ3) is 7.12. The Kier molecular flexibility index (Phi) is 10.4. The van der Waals surface area contributed by atoms with Crippen LogP contribution in [-0.2, 0) is 6.54 Å². The van der Waals surface area contributed by atoms with Gasteiger partial charge in [0, 0.05) is 38.9 Å². The zero-order chi connectivity index (χ0) is 20.5. The second-order valence-electron chi connectivity index (χ2n) is 7.42. The number of benzene rings is 1. The van der Waals surface area contributed by atoms with Crippen LogP contribution < -0.4 is 15.5 Å². The summed E-state index contributed by atoms with van der Waals surface area (Å²) in [5, 5.41) is 6.85. The third-order valence-corrected chi connectivity index (χ3v) is 5.37. The Morgan fingerprint density at radius 2 is 1.83 bits per heavy atom. The van der Waals surface area contributed by atoms with Gasteiger partial charge in [-0.15, -0.1) is 24.0 Å². The topological polar surface area (TPSA) is 55.8 Å². The minimum Gasteiger partial charge on any atom is -0.357 e. The standard InChI is InChI=1S/C23H34N6.HI/c1-4-24-23(27-19(3)21-9-7-6-8-10-21)26-18-20-11-12-25-22(17-20)29-15-13-28(5-2)14-16-29;/h6-12,17,19H,4-5,13-16,18H2,1-3H3,(H2,24,26,27);1H. The molecule has 1 aromatic heterocycles. The van der Waals surface area contributed by atoms with Gasteiger partial charge in [0.2, 0.25) is 0 Å². The van der Waals surface area contributed by atoms with Gasteiger partial charge in [-0.05, 0) is 43.7 Å². The molecule has 3 rings (SSSR count). The highest BCUT2D eigenvalue weighted by Crippen LogP contribution is 2.16. The van der Waals surface area contributed by atoms with Gasteiger partial charge in [0.15, 0.2) is 5.96 Å². The van der Waals surface area contributed by atoms with Crippen LogP contribution in [0.3, 0.4) is 0 Å². The molecule has 7 heteroatoms. The molecule has 1 aliphatic rings. The molecule has 1 saturated heterocycles. The van der Waals surface area contributed by atoms with Crippen molar-refractivity contribution in [3.05, 3.63) is 59.8 Å². The van der Waals surface area contributed by atoms with Crippen LogP contribution in [0.5, 0.6) is 0 Å². The van der Waals surface area contributed by atoms with Gasteiger partial charge >= 0.3 is 0 Å². The fourth-order valence-electron chi connectivity index (χ4n) is 3.55. The van der Waals surface area contributed by atoms with Crippen molar-refractivity contribution < 1.29 is 0 Å². The molecule has 164 valence electrons. The summed E-state index contributed by atoms with van der Waals surface area (Å²) < 4.78 is 0. The van der Waals surface area contributed by atoms with E-state index in [1.54, 1.807) is 0 Å². The Morgan fingerprint density at radius 1 is 1.10 bits per heavy atom. The van der Waals surface area contributed by atoms with Gasteiger partial charge in [0.1, 0.15) is 5.82 Å². The second kappa shape index (κ2) is 12.7. The molecule has 0 spiro atoms. The summed E-state index contributed by atoms with van der Waals surface area (Å²) in [7, 11) is 0. The van der Waals surface area contributed by atoms with Gasteiger partial charge in [-0.25, -0.2) is 9.98 Å². The van der Waals surface area contributed by atoms with Crippen molar-refractivity contribution in [2.45, 2.75) is 33.4 Å².